The lowest BCUT2D eigenvalue weighted by molar-refractivity contribution is 0.414. The van der Waals surface area contributed by atoms with Crippen LogP contribution in [0.2, 0.25) is 0 Å². The molecular weight excluding hydrogens is 334 g/mol. The van der Waals surface area contributed by atoms with Gasteiger partial charge >= 0.3 is 0 Å². The second-order valence-corrected chi connectivity index (χ2v) is 6.45. The van der Waals surface area contributed by atoms with Crippen molar-refractivity contribution in [1.29, 1.82) is 0 Å². The molecule has 0 fully saturated rings. The molecule has 4 nitrogen and oxygen atoms in total. The molecule has 0 amide bonds. The molecule has 27 heavy (non-hydrogen) atoms. The van der Waals surface area contributed by atoms with Crippen LogP contribution in [0.25, 0.3) is 32.6 Å². The van der Waals surface area contributed by atoms with Gasteiger partial charge in [-0.25, -0.2) is 4.85 Å². The van der Waals surface area contributed by atoms with E-state index in [1.807, 2.05) is 61.5 Å². The van der Waals surface area contributed by atoms with Crippen LogP contribution in [0.5, 0.6) is 5.75 Å². The van der Waals surface area contributed by atoms with Gasteiger partial charge in [0, 0.05) is 29.2 Å². The Balaban J connectivity index is 2.04. The van der Waals surface area contributed by atoms with Gasteiger partial charge in [-0.3, -0.25) is 0 Å². The molecule has 0 aliphatic carbocycles. The summed E-state index contributed by atoms with van der Waals surface area (Å²) in [6.45, 7) is 9.40. The monoisotopic (exact) mass is 353 g/mol. The van der Waals surface area contributed by atoms with Gasteiger partial charge in [-0.2, -0.15) is 0 Å². The Bertz CT molecular complexity index is 1200. The fourth-order valence-corrected chi connectivity index (χ4v) is 3.42. The summed E-state index contributed by atoms with van der Waals surface area (Å²) in [5.41, 5.74) is 12.7. The number of nitrogens with zero attached hydrogens (tertiary/aromatic N) is 2. The Morgan fingerprint density at radius 1 is 1.00 bits per heavy atom. The van der Waals surface area contributed by atoms with Crippen LogP contribution in [0.15, 0.2) is 66.9 Å². The minimum Gasteiger partial charge on any atom is -0.497 e. The Morgan fingerprint density at radius 2 is 1.81 bits per heavy atom. The van der Waals surface area contributed by atoms with Crippen LogP contribution in [0.1, 0.15) is 5.56 Å². The molecule has 4 rings (SSSR count). The van der Waals surface area contributed by atoms with E-state index in [9.17, 15) is 0 Å². The lowest BCUT2D eigenvalue weighted by atomic mass is 9.99. The third-order valence-electron chi connectivity index (χ3n) is 4.91. The highest BCUT2D eigenvalue weighted by molar-refractivity contribution is 6.00. The summed E-state index contributed by atoms with van der Waals surface area (Å²) < 4.78 is 7.51. The summed E-state index contributed by atoms with van der Waals surface area (Å²) in [4.78, 5) is 3.60. The van der Waals surface area contributed by atoms with E-state index in [4.69, 9.17) is 17.0 Å². The first-order chi connectivity index (χ1) is 13.1. The molecule has 0 aliphatic rings. The molecular formula is C23H19N3O. The molecule has 0 radical (unpaired) electrons. The van der Waals surface area contributed by atoms with Gasteiger partial charge in [0.15, 0.2) is 5.69 Å². The number of hydrogen-bond acceptors (Lipinski definition) is 2. The predicted octanol–water partition coefficient (Wildman–Crippen LogP) is 5.75. The third-order valence-corrected chi connectivity index (χ3v) is 4.91. The predicted molar refractivity (Wildman–Crippen MR) is 111 cm³/mol. The second kappa shape index (κ2) is 6.54. The standard InChI is InChI=1S/C23H19N3O/c1-15-19(8-5-9-22(15)24)21-14-26(17-6-4-7-18(13-17)27-3)23-11-10-16(25-2)12-20(21)23/h4-14H,24H2,1,3H3. The topological polar surface area (TPSA) is 44.5 Å². The van der Waals surface area contributed by atoms with Gasteiger partial charge in [-0.05, 0) is 53.8 Å². The minimum absolute atomic E-state index is 0.619. The Labute approximate surface area is 158 Å². The molecule has 0 unspecified atom stereocenters. The maximum absolute atomic E-state index is 7.38. The maximum atomic E-state index is 7.38. The van der Waals surface area contributed by atoms with Gasteiger partial charge in [-0.15, -0.1) is 0 Å². The van der Waals surface area contributed by atoms with Gasteiger partial charge < -0.3 is 15.0 Å². The van der Waals surface area contributed by atoms with Gasteiger partial charge in [0.25, 0.3) is 0 Å². The van der Waals surface area contributed by atoms with Crippen molar-refractivity contribution in [3.63, 3.8) is 0 Å². The van der Waals surface area contributed by atoms with E-state index in [0.717, 1.165) is 44.7 Å². The number of benzene rings is 3. The number of methoxy groups -OCH3 is 1. The van der Waals surface area contributed by atoms with Crippen molar-refractivity contribution in [2.45, 2.75) is 6.92 Å². The first-order valence-electron chi connectivity index (χ1n) is 8.65. The Hall–Kier alpha value is -3.71. The zero-order valence-corrected chi connectivity index (χ0v) is 15.2. The van der Waals surface area contributed by atoms with E-state index in [2.05, 4.69) is 21.7 Å². The van der Waals surface area contributed by atoms with Crippen LogP contribution in [0.3, 0.4) is 0 Å². The van der Waals surface area contributed by atoms with Gasteiger partial charge in [0.1, 0.15) is 5.75 Å². The SMILES string of the molecule is [C-]#[N+]c1ccc2c(c1)c(-c1cccc(N)c1C)cn2-c1cccc(OC)c1. The number of fused-ring (bicyclic) bond motifs is 1. The molecule has 132 valence electrons. The molecule has 0 bridgehead atoms. The molecule has 0 saturated heterocycles. The first kappa shape index (κ1) is 16.7. The lowest BCUT2D eigenvalue weighted by Gasteiger charge is -2.08. The zero-order valence-electron chi connectivity index (χ0n) is 15.2. The summed E-state index contributed by atoms with van der Waals surface area (Å²) >= 11 is 0. The summed E-state index contributed by atoms with van der Waals surface area (Å²) in [6, 6.07) is 19.7. The van der Waals surface area contributed by atoms with Gasteiger partial charge in [-0.1, -0.05) is 24.3 Å². The van der Waals surface area contributed by atoms with Crippen molar-refractivity contribution < 1.29 is 4.74 Å². The minimum atomic E-state index is 0.619. The molecule has 1 heterocycles. The molecule has 4 heteroatoms. The van der Waals surface area contributed by atoms with Crippen LogP contribution in [0, 0.1) is 13.5 Å². The van der Waals surface area contributed by atoms with Crippen molar-refractivity contribution >= 4 is 22.3 Å². The Morgan fingerprint density at radius 3 is 2.59 bits per heavy atom. The molecule has 0 aliphatic heterocycles. The first-order valence-corrected chi connectivity index (χ1v) is 8.65. The molecule has 2 N–H and O–H groups in total. The normalized spacial score (nSPS) is 10.7. The van der Waals surface area contributed by atoms with Gasteiger partial charge in [0.05, 0.1) is 19.2 Å². The van der Waals surface area contributed by atoms with Crippen molar-refractivity contribution in [3.05, 3.63) is 83.8 Å². The van der Waals surface area contributed by atoms with E-state index in [1.54, 1.807) is 7.11 Å². The summed E-state index contributed by atoms with van der Waals surface area (Å²) in [5.74, 6) is 0.800. The van der Waals surface area contributed by atoms with E-state index in [-0.39, 0.29) is 0 Å². The van der Waals surface area contributed by atoms with Crippen LogP contribution in [-0.2, 0) is 0 Å². The molecule has 3 aromatic carbocycles. The number of aromatic nitrogens is 1. The second-order valence-electron chi connectivity index (χ2n) is 6.45. The fraction of sp³-hybridized carbons (Fsp3) is 0.0870. The maximum Gasteiger partial charge on any atom is 0.188 e. The third kappa shape index (κ3) is 2.80. The number of nitrogens with two attached hydrogens (primary N) is 1. The highest BCUT2D eigenvalue weighted by Crippen LogP contribution is 2.37. The smallest absolute Gasteiger partial charge is 0.188 e. The molecule has 0 saturated carbocycles. The number of nitrogen functional groups attached to an aromatic ring is 1. The van der Waals surface area contributed by atoms with E-state index < -0.39 is 0 Å². The van der Waals surface area contributed by atoms with Crippen LogP contribution < -0.4 is 10.5 Å². The van der Waals surface area contributed by atoms with Crippen molar-refractivity contribution in [2.24, 2.45) is 0 Å². The van der Waals surface area contributed by atoms with Crippen molar-refractivity contribution in [3.8, 4) is 22.6 Å². The number of hydrogen-bond donors (Lipinski definition) is 1. The van der Waals surface area contributed by atoms with Crippen LogP contribution >= 0.6 is 0 Å². The number of anilines is 1. The fourth-order valence-electron chi connectivity index (χ4n) is 3.42. The van der Waals surface area contributed by atoms with Crippen LogP contribution in [-0.4, -0.2) is 11.7 Å². The molecule has 0 atom stereocenters. The lowest BCUT2D eigenvalue weighted by Crippen LogP contribution is -1.93. The average Bonchev–Trinajstić information content (AvgIpc) is 3.08. The van der Waals surface area contributed by atoms with E-state index in [0.29, 0.717) is 5.69 Å². The van der Waals surface area contributed by atoms with Crippen LogP contribution in [0.4, 0.5) is 11.4 Å². The molecule has 1 aromatic heterocycles. The molecule has 0 spiro atoms. The average molecular weight is 353 g/mol. The molecule has 4 aromatic rings. The Kier molecular flexibility index (Phi) is 4.06. The zero-order chi connectivity index (χ0) is 19.0. The van der Waals surface area contributed by atoms with Crippen molar-refractivity contribution in [2.75, 3.05) is 12.8 Å². The highest BCUT2D eigenvalue weighted by atomic mass is 16.5. The summed E-state index contributed by atoms with van der Waals surface area (Å²) in [5, 5.41) is 1.03. The van der Waals surface area contributed by atoms with Crippen molar-refractivity contribution in [1.82, 2.24) is 4.57 Å². The highest BCUT2D eigenvalue weighted by Gasteiger charge is 2.15. The summed E-state index contributed by atoms with van der Waals surface area (Å²) in [6.07, 6.45) is 2.11. The van der Waals surface area contributed by atoms with E-state index in [1.165, 1.54) is 0 Å². The quantitative estimate of drug-likeness (QED) is 0.377. The number of rotatable bonds is 3. The summed E-state index contributed by atoms with van der Waals surface area (Å²) in [7, 11) is 1.66. The number of ether oxygens (including phenoxy) is 1. The largest absolute Gasteiger partial charge is 0.497 e. The van der Waals surface area contributed by atoms with Gasteiger partial charge in [0.2, 0.25) is 0 Å². The van der Waals surface area contributed by atoms with E-state index >= 15 is 0 Å².